The second-order valence-corrected chi connectivity index (χ2v) is 5.42. The van der Waals surface area contributed by atoms with Crippen LogP contribution in [0.2, 0.25) is 0 Å². The van der Waals surface area contributed by atoms with Crippen molar-refractivity contribution in [2.75, 3.05) is 11.4 Å². The van der Waals surface area contributed by atoms with E-state index in [1.165, 1.54) is 18.4 Å². The monoisotopic (exact) mass is 233 g/mol. The van der Waals surface area contributed by atoms with Crippen LogP contribution in [-0.4, -0.2) is 17.6 Å². The first-order valence-electron chi connectivity index (χ1n) is 6.56. The molecule has 3 heteroatoms. The fourth-order valence-corrected chi connectivity index (χ4v) is 2.48. The lowest BCUT2D eigenvalue weighted by Gasteiger charge is -2.37. The third kappa shape index (κ3) is 2.78. The SMILES string of the molecule is CC1CCC(C)N(c2cc([C@H](C)N)ccn2)C1. The molecule has 0 aliphatic carbocycles. The number of piperidine rings is 1. The van der Waals surface area contributed by atoms with Gasteiger partial charge in [0, 0.05) is 24.8 Å². The molecule has 0 saturated carbocycles. The van der Waals surface area contributed by atoms with Gasteiger partial charge in [-0.2, -0.15) is 0 Å². The van der Waals surface area contributed by atoms with Crippen LogP contribution in [-0.2, 0) is 0 Å². The molecule has 0 bridgehead atoms. The van der Waals surface area contributed by atoms with Crippen LogP contribution in [0, 0.1) is 5.92 Å². The summed E-state index contributed by atoms with van der Waals surface area (Å²) in [6.45, 7) is 7.72. The lowest BCUT2D eigenvalue weighted by Crippen LogP contribution is -2.41. The van der Waals surface area contributed by atoms with E-state index in [4.69, 9.17) is 5.73 Å². The standard InChI is InChI=1S/C14H23N3/c1-10-4-5-11(2)17(9-10)14-8-13(12(3)15)6-7-16-14/h6-8,10-12H,4-5,9,15H2,1-3H3/t10?,11?,12-/m0/s1. The maximum Gasteiger partial charge on any atom is 0.129 e. The zero-order valence-electron chi connectivity index (χ0n) is 11.1. The minimum Gasteiger partial charge on any atom is -0.354 e. The van der Waals surface area contributed by atoms with Crippen molar-refractivity contribution in [3.63, 3.8) is 0 Å². The van der Waals surface area contributed by atoms with E-state index in [9.17, 15) is 0 Å². The number of rotatable bonds is 2. The van der Waals surface area contributed by atoms with E-state index in [0.717, 1.165) is 18.3 Å². The Balaban J connectivity index is 2.23. The first kappa shape index (κ1) is 12.4. The van der Waals surface area contributed by atoms with Crippen LogP contribution in [0.15, 0.2) is 18.3 Å². The molecule has 2 heterocycles. The topological polar surface area (TPSA) is 42.1 Å². The number of aromatic nitrogens is 1. The molecule has 2 rings (SSSR count). The molecular formula is C14H23N3. The summed E-state index contributed by atoms with van der Waals surface area (Å²) in [7, 11) is 0. The molecular weight excluding hydrogens is 210 g/mol. The predicted molar refractivity (Wildman–Crippen MR) is 72.0 cm³/mol. The summed E-state index contributed by atoms with van der Waals surface area (Å²) in [6.07, 6.45) is 4.45. The Morgan fingerprint density at radius 2 is 2.18 bits per heavy atom. The van der Waals surface area contributed by atoms with Gasteiger partial charge < -0.3 is 10.6 Å². The number of anilines is 1. The van der Waals surface area contributed by atoms with Crippen molar-refractivity contribution in [3.05, 3.63) is 23.9 Å². The Hall–Kier alpha value is -1.09. The van der Waals surface area contributed by atoms with Gasteiger partial charge in [-0.25, -0.2) is 4.98 Å². The molecule has 0 amide bonds. The van der Waals surface area contributed by atoms with Crippen molar-refractivity contribution in [3.8, 4) is 0 Å². The van der Waals surface area contributed by atoms with Gasteiger partial charge in [-0.1, -0.05) is 6.92 Å². The fourth-order valence-electron chi connectivity index (χ4n) is 2.48. The summed E-state index contributed by atoms with van der Waals surface area (Å²) in [6, 6.07) is 4.81. The maximum atomic E-state index is 5.93. The zero-order chi connectivity index (χ0) is 12.4. The van der Waals surface area contributed by atoms with Crippen LogP contribution in [0.5, 0.6) is 0 Å². The first-order valence-corrected chi connectivity index (χ1v) is 6.56. The van der Waals surface area contributed by atoms with E-state index in [1.54, 1.807) is 0 Å². The largest absolute Gasteiger partial charge is 0.354 e. The van der Waals surface area contributed by atoms with Crippen molar-refractivity contribution in [1.29, 1.82) is 0 Å². The molecule has 3 nitrogen and oxygen atoms in total. The summed E-state index contributed by atoms with van der Waals surface area (Å²) in [4.78, 5) is 6.92. The van der Waals surface area contributed by atoms with Crippen LogP contribution < -0.4 is 10.6 Å². The Bertz CT molecular complexity index is 375. The molecule has 0 radical (unpaired) electrons. The smallest absolute Gasteiger partial charge is 0.129 e. The van der Waals surface area contributed by atoms with Crippen LogP contribution in [0.4, 0.5) is 5.82 Å². The number of nitrogens with two attached hydrogens (primary N) is 1. The number of nitrogens with zero attached hydrogens (tertiary/aromatic N) is 2. The summed E-state index contributed by atoms with van der Waals surface area (Å²) < 4.78 is 0. The number of pyridine rings is 1. The lowest BCUT2D eigenvalue weighted by atomic mass is 9.95. The average Bonchev–Trinajstić information content (AvgIpc) is 2.32. The van der Waals surface area contributed by atoms with Gasteiger partial charge in [0.05, 0.1) is 0 Å². The van der Waals surface area contributed by atoms with E-state index < -0.39 is 0 Å². The highest BCUT2D eigenvalue weighted by Gasteiger charge is 2.24. The molecule has 1 saturated heterocycles. The van der Waals surface area contributed by atoms with E-state index in [2.05, 4.69) is 29.8 Å². The predicted octanol–water partition coefficient (Wildman–Crippen LogP) is 2.73. The second kappa shape index (κ2) is 5.05. The van der Waals surface area contributed by atoms with Crippen molar-refractivity contribution in [2.24, 2.45) is 11.7 Å². The van der Waals surface area contributed by atoms with Crippen LogP contribution in [0.25, 0.3) is 0 Å². The maximum absolute atomic E-state index is 5.93. The highest BCUT2D eigenvalue weighted by molar-refractivity contribution is 5.43. The minimum absolute atomic E-state index is 0.0780. The Morgan fingerprint density at radius 3 is 2.88 bits per heavy atom. The van der Waals surface area contributed by atoms with Crippen molar-refractivity contribution in [1.82, 2.24) is 4.98 Å². The Labute approximate surface area is 104 Å². The van der Waals surface area contributed by atoms with Gasteiger partial charge >= 0.3 is 0 Å². The van der Waals surface area contributed by atoms with Crippen LogP contribution >= 0.6 is 0 Å². The molecule has 0 spiro atoms. The van der Waals surface area contributed by atoms with Gasteiger partial charge in [0.25, 0.3) is 0 Å². The fraction of sp³-hybridized carbons (Fsp3) is 0.643. The molecule has 1 aromatic heterocycles. The number of hydrogen-bond donors (Lipinski definition) is 1. The average molecular weight is 233 g/mol. The summed E-state index contributed by atoms with van der Waals surface area (Å²) in [5.41, 5.74) is 7.09. The van der Waals surface area contributed by atoms with Crippen molar-refractivity contribution in [2.45, 2.75) is 45.7 Å². The first-order chi connectivity index (χ1) is 8.08. The third-order valence-corrected chi connectivity index (χ3v) is 3.71. The molecule has 1 aliphatic heterocycles. The Morgan fingerprint density at radius 1 is 1.41 bits per heavy atom. The summed E-state index contributed by atoms with van der Waals surface area (Å²) >= 11 is 0. The van der Waals surface area contributed by atoms with E-state index >= 15 is 0 Å². The third-order valence-electron chi connectivity index (χ3n) is 3.71. The molecule has 2 unspecified atom stereocenters. The van der Waals surface area contributed by atoms with Gasteiger partial charge in [-0.3, -0.25) is 0 Å². The van der Waals surface area contributed by atoms with E-state index in [1.807, 2.05) is 19.2 Å². The molecule has 0 aromatic carbocycles. The van der Waals surface area contributed by atoms with Gasteiger partial charge in [-0.15, -0.1) is 0 Å². The van der Waals surface area contributed by atoms with Gasteiger partial charge in [-0.05, 0) is 50.3 Å². The molecule has 2 N–H and O–H groups in total. The highest BCUT2D eigenvalue weighted by Crippen LogP contribution is 2.27. The van der Waals surface area contributed by atoms with Crippen molar-refractivity contribution < 1.29 is 0 Å². The van der Waals surface area contributed by atoms with Gasteiger partial charge in [0.15, 0.2) is 0 Å². The van der Waals surface area contributed by atoms with Crippen LogP contribution in [0.3, 0.4) is 0 Å². The Kier molecular flexibility index (Phi) is 3.67. The molecule has 17 heavy (non-hydrogen) atoms. The summed E-state index contributed by atoms with van der Waals surface area (Å²) in [5.74, 6) is 1.84. The summed E-state index contributed by atoms with van der Waals surface area (Å²) in [5, 5.41) is 0. The molecule has 3 atom stereocenters. The van der Waals surface area contributed by atoms with E-state index in [0.29, 0.717) is 6.04 Å². The molecule has 1 aliphatic rings. The molecule has 94 valence electrons. The second-order valence-electron chi connectivity index (χ2n) is 5.42. The van der Waals surface area contributed by atoms with Gasteiger partial charge in [0.2, 0.25) is 0 Å². The minimum atomic E-state index is 0.0780. The van der Waals surface area contributed by atoms with Crippen molar-refractivity contribution >= 4 is 5.82 Å². The lowest BCUT2D eigenvalue weighted by molar-refractivity contribution is 0.388. The van der Waals surface area contributed by atoms with Crippen LogP contribution in [0.1, 0.15) is 45.2 Å². The molecule has 1 aromatic rings. The normalized spacial score (nSPS) is 26.9. The quantitative estimate of drug-likeness (QED) is 0.854. The van der Waals surface area contributed by atoms with E-state index in [-0.39, 0.29) is 6.04 Å². The molecule has 1 fully saturated rings. The van der Waals surface area contributed by atoms with Gasteiger partial charge in [0.1, 0.15) is 5.82 Å². The number of hydrogen-bond acceptors (Lipinski definition) is 3. The zero-order valence-corrected chi connectivity index (χ0v) is 11.1. The highest BCUT2D eigenvalue weighted by atomic mass is 15.2.